The molecule has 1 saturated carbocycles. The lowest BCUT2D eigenvalue weighted by Gasteiger charge is -2.30. The average Bonchev–Trinajstić information content (AvgIpc) is 2.95. The van der Waals surface area contributed by atoms with Crippen molar-refractivity contribution in [3.8, 4) is 0 Å². The second-order valence-electron chi connectivity index (χ2n) is 6.61. The molecule has 2 N–H and O–H groups in total. The molecule has 0 radical (unpaired) electrons. The zero-order chi connectivity index (χ0) is 14.7. The van der Waals surface area contributed by atoms with Crippen LogP contribution in [0, 0.1) is 5.92 Å². The van der Waals surface area contributed by atoms with Crippen LogP contribution in [0.5, 0.6) is 0 Å². The van der Waals surface area contributed by atoms with Gasteiger partial charge in [0.15, 0.2) is 0 Å². The quantitative estimate of drug-likeness (QED) is 0.897. The molecule has 0 bridgehead atoms. The Bertz CT molecular complexity index is 465. The molecule has 2 atom stereocenters. The van der Waals surface area contributed by atoms with Crippen molar-refractivity contribution < 1.29 is 4.79 Å². The van der Waals surface area contributed by atoms with Crippen LogP contribution in [-0.4, -0.2) is 24.5 Å². The Kier molecular flexibility index (Phi) is 4.59. The lowest BCUT2D eigenvalue weighted by molar-refractivity contribution is -0.126. The fourth-order valence-electron chi connectivity index (χ4n) is 3.82. The van der Waals surface area contributed by atoms with Gasteiger partial charge >= 0.3 is 0 Å². The summed E-state index contributed by atoms with van der Waals surface area (Å²) in [6.45, 7) is 3.09. The number of benzene rings is 1. The van der Waals surface area contributed by atoms with E-state index in [1.54, 1.807) is 0 Å². The molecule has 0 aromatic heterocycles. The van der Waals surface area contributed by atoms with Crippen molar-refractivity contribution in [2.45, 2.75) is 57.0 Å². The first kappa shape index (κ1) is 14.6. The highest BCUT2D eigenvalue weighted by molar-refractivity contribution is 5.80. The van der Waals surface area contributed by atoms with E-state index in [0.717, 1.165) is 25.8 Å². The number of carbonyl (C=O) groups is 1. The summed E-state index contributed by atoms with van der Waals surface area (Å²) in [7, 11) is 0. The van der Waals surface area contributed by atoms with E-state index in [1.807, 2.05) is 0 Å². The van der Waals surface area contributed by atoms with Crippen LogP contribution in [0.4, 0.5) is 0 Å². The molecule has 1 saturated heterocycles. The highest BCUT2D eigenvalue weighted by atomic mass is 16.2. The molecular weight excluding hydrogens is 260 g/mol. The molecule has 2 aliphatic rings. The Morgan fingerprint density at radius 2 is 1.81 bits per heavy atom. The molecule has 114 valence electrons. The minimum atomic E-state index is 0.164. The predicted octanol–water partition coefficient (Wildman–Crippen LogP) is 2.83. The number of hydrogen-bond donors (Lipinski definition) is 2. The first-order valence-electron chi connectivity index (χ1n) is 8.32. The van der Waals surface area contributed by atoms with Crippen molar-refractivity contribution >= 4 is 5.91 Å². The fourth-order valence-corrected chi connectivity index (χ4v) is 3.82. The molecule has 1 aliphatic heterocycles. The van der Waals surface area contributed by atoms with Gasteiger partial charge < -0.3 is 10.6 Å². The zero-order valence-electron chi connectivity index (χ0n) is 12.8. The molecule has 1 amide bonds. The van der Waals surface area contributed by atoms with E-state index in [-0.39, 0.29) is 11.8 Å². The van der Waals surface area contributed by atoms with Gasteiger partial charge in [0.25, 0.3) is 0 Å². The first-order valence-corrected chi connectivity index (χ1v) is 8.32. The molecule has 1 aliphatic carbocycles. The smallest absolute Gasteiger partial charge is 0.224 e. The minimum absolute atomic E-state index is 0.164. The highest BCUT2D eigenvalue weighted by Crippen LogP contribution is 2.32. The number of carbonyl (C=O) groups excluding carboxylic acids is 1. The maximum atomic E-state index is 12.3. The van der Waals surface area contributed by atoms with E-state index in [9.17, 15) is 4.79 Å². The second-order valence-corrected chi connectivity index (χ2v) is 6.61. The zero-order valence-corrected chi connectivity index (χ0v) is 12.8. The summed E-state index contributed by atoms with van der Waals surface area (Å²) in [6, 6.07) is 11.5. The summed E-state index contributed by atoms with van der Waals surface area (Å²) in [5.74, 6) is 1.10. The van der Waals surface area contributed by atoms with Gasteiger partial charge in [0, 0.05) is 12.1 Å². The van der Waals surface area contributed by atoms with E-state index in [0.29, 0.717) is 18.0 Å². The van der Waals surface area contributed by atoms with Gasteiger partial charge in [-0.1, -0.05) is 30.3 Å². The van der Waals surface area contributed by atoms with E-state index in [4.69, 9.17) is 0 Å². The van der Waals surface area contributed by atoms with E-state index in [2.05, 4.69) is 47.9 Å². The van der Waals surface area contributed by atoms with Gasteiger partial charge in [0.2, 0.25) is 5.91 Å². The third kappa shape index (κ3) is 3.46. The van der Waals surface area contributed by atoms with Gasteiger partial charge in [0.1, 0.15) is 0 Å². The molecule has 3 rings (SSSR count). The summed E-state index contributed by atoms with van der Waals surface area (Å²) in [4.78, 5) is 12.3. The average molecular weight is 286 g/mol. The van der Waals surface area contributed by atoms with E-state index in [1.165, 1.54) is 18.4 Å². The van der Waals surface area contributed by atoms with Gasteiger partial charge in [-0.25, -0.2) is 0 Å². The van der Waals surface area contributed by atoms with Crippen molar-refractivity contribution in [2.75, 3.05) is 6.54 Å². The summed E-state index contributed by atoms with van der Waals surface area (Å²) >= 11 is 0. The van der Waals surface area contributed by atoms with Crippen molar-refractivity contribution in [1.29, 1.82) is 0 Å². The van der Waals surface area contributed by atoms with Gasteiger partial charge in [-0.3, -0.25) is 4.79 Å². The Morgan fingerprint density at radius 1 is 1.10 bits per heavy atom. The number of nitrogens with one attached hydrogen (secondary N) is 2. The highest BCUT2D eigenvalue weighted by Gasteiger charge is 2.31. The van der Waals surface area contributed by atoms with Gasteiger partial charge in [-0.2, -0.15) is 0 Å². The van der Waals surface area contributed by atoms with Crippen LogP contribution in [-0.2, 0) is 4.79 Å². The summed E-state index contributed by atoms with van der Waals surface area (Å²) in [5, 5.41) is 6.64. The maximum Gasteiger partial charge on any atom is 0.224 e. The molecule has 3 heteroatoms. The Balaban J connectivity index is 1.49. The van der Waals surface area contributed by atoms with Crippen molar-refractivity contribution in [2.24, 2.45) is 5.92 Å². The molecule has 21 heavy (non-hydrogen) atoms. The third-order valence-corrected chi connectivity index (χ3v) is 5.21. The van der Waals surface area contributed by atoms with Crippen LogP contribution in [0.25, 0.3) is 0 Å². The normalized spacial score (nSPS) is 32.8. The van der Waals surface area contributed by atoms with Crippen LogP contribution in [0.2, 0.25) is 0 Å². The monoisotopic (exact) mass is 286 g/mol. The van der Waals surface area contributed by atoms with Crippen molar-refractivity contribution in [1.82, 2.24) is 10.6 Å². The standard InChI is InChI=1S/C18H26N2O/c1-13-17(11-12-19-13)18(21)20-16-9-7-15(8-10-16)14-5-3-2-4-6-14/h2-6,13,15-17,19H,7-12H2,1H3,(H,20,21). The lowest BCUT2D eigenvalue weighted by atomic mass is 9.81. The van der Waals surface area contributed by atoms with Crippen LogP contribution in [0.3, 0.4) is 0 Å². The predicted molar refractivity (Wildman–Crippen MR) is 85.2 cm³/mol. The molecule has 2 unspecified atom stereocenters. The summed E-state index contributed by atoms with van der Waals surface area (Å²) in [6.07, 6.45) is 5.58. The molecular formula is C18H26N2O. The Hall–Kier alpha value is -1.35. The van der Waals surface area contributed by atoms with Crippen molar-refractivity contribution in [3.05, 3.63) is 35.9 Å². The Labute approximate surface area is 127 Å². The summed E-state index contributed by atoms with van der Waals surface area (Å²) in [5.41, 5.74) is 1.45. The second kappa shape index (κ2) is 6.61. The molecule has 1 aromatic carbocycles. The number of hydrogen-bond acceptors (Lipinski definition) is 2. The number of rotatable bonds is 3. The van der Waals surface area contributed by atoms with Crippen molar-refractivity contribution in [3.63, 3.8) is 0 Å². The summed E-state index contributed by atoms with van der Waals surface area (Å²) < 4.78 is 0. The fraction of sp³-hybridized carbons (Fsp3) is 0.611. The lowest BCUT2D eigenvalue weighted by Crippen LogP contribution is -2.43. The van der Waals surface area contributed by atoms with Crippen LogP contribution < -0.4 is 10.6 Å². The third-order valence-electron chi connectivity index (χ3n) is 5.21. The molecule has 1 heterocycles. The number of amides is 1. The van der Waals surface area contributed by atoms with Crippen LogP contribution >= 0.6 is 0 Å². The SMILES string of the molecule is CC1NCCC1C(=O)NC1CCC(c2ccccc2)CC1. The minimum Gasteiger partial charge on any atom is -0.353 e. The van der Waals surface area contributed by atoms with Crippen LogP contribution in [0.1, 0.15) is 50.5 Å². The van der Waals surface area contributed by atoms with E-state index < -0.39 is 0 Å². The van der Waals surface area contributed by atoms with Gasteiger partial charge in [-0.05, 0) is 57.1 Å². The molecule has 3 nitrogen and oxygen atoms in total. The van der Waals surface area contributed by atoms with Gasteiger partial charge in [0.05, 0.1) is 5.92 Å². The van der Waals surface area contributed by atoms with Crippen LogP contribution in [0.15, 0.2) is 30.3 Å². The largest absolute Gasteiger partial charge is 0.353 e. The maximum absolute atomic E-state index is 12.3. The molecule has 1 aromatic rings. The topological polar surface area (TPSA) is 41.1 Å². The first-order chi connectivity index (χ1) is 10.2. The Morgan fingerprint density at radius 3 is 2.43 bits per heavy atom. The molecule has 0 spiro atoms. The van der Waals surface area contributed by atoms with Gasteiger partial charge in [-0.15, -0.1) is 0 Å². The molecule has 2 fully saturated rings. The van der Waals surface area contributed by atoms with E-state index >= 15 is 0 Å².